The van der Waals surface area contributed by atoms with Gasteiger partial charge in [-0.25, -0.2) is 4.98 Å². The Hall–Kier alpha value is -1.48. The first kappa shape index (κ1) is 13.9. The van der Waals surface area contributed by atoms with Crippen LogP contribution in [-0.4, -0.2) is 34.0 Å². The number of hydrogen-bond donors (Lipinski definition) is 0. The topological polar surface area (TPSA) is 54.8 Å². The first-order chi connectivity index (χ1) is 8.77. The monoisotopic (exact) mass is 309 g/mol. The van der Waals surface area contributed by atoms with Crippen LogP contribution in [0.15, 0.2) is 6.20 Å². The van der Waals surface area contributed by atoms with Crippen molar-refractivity contribution in [2.45, 2.75) is 6.18 Å². The second-order valence-corrected chi connectivity index (χ2v) is 5.02. The molecule has 2 aromatic heterocycles. The average Bonchev–Trinajstić information content (AvgIpc) is 2.76. The fourth-order valence-electron chi connectivity index (χ4n) is 1.16. The number of rotatable bonds is 2. The summed E-state index contributed by atoms with van der Waals surface area (Å²) < 4.78 is 37.4. The highest BCUT2D eigenvalue weighted by Gasteiger charge is 2.35. The van der Waals surface area contributed by atoms with Crippen molar-refractivity contribution in [2.24, 2.45) is 0 Å². The number of nitrogens with zero attached hydrogens (tertiary/aromatic N) is 5. The molecule has 0 atom stereocenters. The molecule has 0 aliphatic rings. The summed E-state index contributed by atoms with van der Waals surface area (Å²) in [6.07, 6.45) is -3.41. The predicted octanol–water partition coefficient (Wildman–Crippen LogP) is 2.73. The van der Waals surface area contributed by atoms with Crippen molar-refractivity contribution in [3.63, 3.8) is 0 Å². The average molecular weight is 310 g/mol. The lowest BCUT2D eigenvalue weighted by Gasteiger charge is -2.10. The van der Waals surface area contributed by atoms with E-state index < -0.39 is 11.2 Å². The third kappa shape index (κ3) is 3.10. The van der Waals surface area contributed by atoms with Crippen LogP contribution < -0.4 is 4.90 Å². The SMILES string of the molecule is CN(C)c1nc(Cl)nc(-c2cnc(C(F)(F)F)s2)n1. The van der Waals surface area contributed by atoms with E-state index in [2.05, 4.69) is 19.9 Å². The van der Waals surface area contributed by atoms with Gasteiger partial charge in [-0.3, -0.25) is 0 Å². The third-order valence-corrected chi connectivity index (χ3v) is 3.17. The van der Waals surface area contributed by atoms with E-state index in [1.165, 1.54) is 0 Å². The van der Waals surface area contributed by atoms with Gasteiger partial charge in [0.2, 0.25) is 11.2 Å². The van der Waals surface area contributed by atoms with Crippen molar-refractivity contribution >= 4 is 28.9 Å². The van der Waals surface area contributed by atoms with Crippen molar-refractivity contribution in [2.75, 3.05) is 19.0 Å². The molecule has 2 heterocycles. The summed E-state index contributed by atoms with van der Waals surface area (Å²) in [6, 6.07) is 0. The maximum absolute atomic E-state index is 12.5. The minimum Gasteiger partial charge on any atom is -0.347 e. The van der Waals surface area contributed by atoms with Crippen LogP contribution in [0.4, 0.5) is 19.1 Å². The first-order valence-electron chi connectivity index (χ1n) is 4.89. The summed E-state index contributed by atoms with van der Waals surface area (Å²) >= 11 is 6.17. The number of anilines is 1. The van der Waals surface area contributed by atoms with Gasteiger partial charge in [-0.15, -0.1) is 11.3 Å². The Morgan fingerprint density at radius 3 is 2.42 bits per heavy atom. The molecule has 0 N–H and O–H groups in total. The van der Waals surface area contributed by atoms with E-state index in [0.29, 0.717) is 11.3 Å². The second kappa shape index (κ2) is 4.89. The molecular formula is C9H7ClF3N5S. The Balaban J connectivity index is 2.44. The van der Waals surface area contributed by atoms with Crippen LogP contribution in [0.1, 0.15) is 5.01 Å². The molecule has 0 aliphatic carbocycles. The van der Waals surface area contributed by atoms with E-state index >= 15 is 0 Å². The van der Waals surface area contributed by atoms with E-state index in [4.69, 9.17) is 11.6 Å². The molecule has 19 heavy (non-hydrogen) atoms. The highest BCUT2D eigenvalue weighted by Crippen LogP contribution is 2.35. The zero-order valence-electron chi connectivity index (χ0n) is 9.73. The van der Waals surface area contributed by atoms with Crippen LogP contribution in [0.2, 0.25) is 5.28 Å². The standard InChI is InChI=1S/C9H7ClF3N5S/c1-18(2)8-16-5(15-7(10)17-8)4-3-14-6(19-4)9(11,12)13/h3H,1-2H3. The molecule has 10 heteroatoms. The quantitative estimate of drug-likeness (QED) is 0.854. The molecular weight excluding hydrogens is 303 g/mol. The highest BCUT2D eigenvalue weighted by atomic mass is 35.5. The van der Waals surface area contributed by atoms with Crippen molar-refractivity contribution in [3.05, 3.63) is 16.5 Å². The van der Waals surface area contributed by atoms with Crippen LogP contribution in [0, 0.1) is 0 Å². The Labute approximate surface area is 115 Å². The lowest BCUT2D eigenvalue weighted by molar-refractivity contribution is -0.137. The Bertz CT molecular complexity index is 598. The number of aromatic nitrogens is 4. The fourth-order valence-corrected chi connectivity index (χ4v) is 2.03. The van der Waals surface area contributed by atoms with Crippen LogP contribution in [-0.2, 0) is 6.18 Å². The van der Waals surface area contributed by atoms with Gasteiger partial charge in [-0.05, 0) is 11.6 Å². The van der Waals surface area contributed by atoms with E-state index in [0.717, 1.165) is 6.20 Å². The molecule has 0 radical (unpaired) electrons. The summed E-state index contributed by atoms with van der Waals surface area (Å²) in [4.78, 5) is 16.7. The maximum Gasteiger partial charge on any atom is 0.443 e. The Morgan fingerprint density at radius 2 is 1.89 bits per heavy atom. The summed E-state index contributed by atoms with van der Waals surface area (Å²) in [5.41, 5.74) is 0. The zero-order chi connectivity index (χ0) is 14.2. The van der Waals surface area contributed by atoms with Crippen LogP contribution in [0.5, 0.6) is 0 Å². The lowest BCUT2D eigenvalue weighted by Crippen LogP contribution is -2.13. The molecule has 2 rings (SSSR count). The molecule has 0 bridgehead atoms. The van der Waals surface area contributed by atoms with Crippen LogP contribution in [0.25, 0.3) is 10.7 Å². The first-order valence-corrected chi connectivity index (χ1v) is 6.09. The summed E-state index contributed by atoms with van der Waals surface area (Å²) in [5, 5.41) is -1.04. The normalized spacial score (nSPS) is 11.7. The Morgan fingerprint density at radius 1 is 1.21 bits per heavy atom. The van der Waals surface area contributed by atoms with Crippen LogP contribution >= 0.6 is 22.9 Å². The largest absolute Gasteiger partial charge is 0.443 e. The molecule has 102 valence electrons. The van der Waals surface area contributed by atoms with Crippen molar-refractivity contribution in [1.82, 2.24) is 19.9 Å². The number of hydrogen-bond acceptors (Lipinski definition) is 6. The van der Waals surface area contributed by atoms with Gasteiger partial charge in [0.15, 0.2) is 10.8 Å². The molecule has 5 nitrogen and oxygen atoms in total. The molecule has 2 aromatic rings. The van der Waals surface area contributed by atoms with Crippen molar-refractivity contribution < 1.29 is 13.2 Å². The molecule has 0 unspecified atom stereocenters. The van der Waals surface area contributed by atoms with E-state index in [-0.39, 0.29) is 21.9 Å². The summed E-state index contributed by atoms with van der Waals surface area (Å²) in [5.74, 6) is 0.327. The lowest BCUT2D eigenvalue weighted by atomic mass is 10.5. The molecule has 0 amide bonds. The minimum atomic E-state index is -4.48. The molecule has 0 saturated carbocycles. The molecule has 0 aromatic carbocycles. The zero-order valence-corrected chi connectivity index (χ0v) is 11.3. The van der Waals surface area contributed by atoms with Gasteiger partial charge in [-0.1, -0.05) is 0 Å². The van der Waals surface area contributed by atoms with Crippen molar-refractivity contribution in [1.29, 1.82) is 0 Å². The van der Waals surface area contributed by atoms with Gasteiger partial charge in [0.25, 0.3) is 0 Å². The Kier molecular flexibility index (Phi) is 3.59. The summed E-state index contributed by atoms with van der Waals surface area (Å²) in [6.45, 7) is 0. The summed E-state index contributed by atoms with van der Waals surface area (Å²) in [7, 11) is 3.37. The smallest absolute Gasteiger partial charge is 0.347 e. The van der Waals surface area contributed by atoms with Gasteiger partial charge >= 0.3 is 6.18 Å². The minimum absolute atomic E-state index is 0.0664. The molecule has 0 fully saturated rings. The predicted molar refractivity (Wildman–Crippen MR) is 65.3 cm³/mol. The van der Waals surface area contributed by atoms with Crippen LogP contribution in [0.3, 0.4) is 0 Å². The van der Waals surface area contributed by atoms with Gasteiger partial charge in [0.05, 0.1) is 4.88 Å². The molecule has 0 spiro atoms. The third-order valence-electron chi connectivity index (χ3n) is 1.96. The van der Waals surface area contributed by atoms with E-state index in [9.17, 15) is 13.2 Å². The molecule has 0 aliphatic heterocycles. The number of halogens is 4. The van der Waals surface area contributed by atoms with E-state index in [1.54, 1.807) is 19.0 Å². The van der Waals surface area contributed by atoms with Gasteiger partial charge in [-0.2, -0.15) is 28.1 Å². The highest BCUT2D eigenvalue weighted by molar-refractivity contribution is 7.15. The fraction of sp³-hybridized carbons (Fsp3) is 0.333. The van der Waals surface area contributed by atoms with Gasteiger partial charge in [0, 0.05) is 20.3 Å². The maximum atomic E-state index is 12.5. The van der Waals surface area contributed by atoms with Gasteiger partial charge < -0.3 is 4.90 Å². The van der Waals surface area contributed by atoms with E-state index in [1.807, 2.05) is 0 Å². The van der Waals surface area contributed by atoms with Crippen molar-refractivity contribution in [3.8, 4) is 10.7 Å². The second-order valence-electron chi connectivity index (χ2n) is 3.65. The number of alkyl halides is 3. The van der Waals surface area contributed by atoms with Gasteiger partial charge in [0.1, 0.15) is 0 Å². The molecule has 0 saturated heterocycles. The number of thiazole rings is 1.